The number of ether oxygens (including phenoxy) is 1. The van der Waals surface area contributed by atoms with Gasteiger partial charge in [0.1, 0.15) is 18.5 Å². The Bertz CT molecular complexity index is 852. The largest absolute Gasteiger partial charge is 0.490 e. The van der Waals surface area contributed by atoms with Crippen LogP contribution in [0.1, 0.15) is 30.9 Å². The highest BCUT2D eigenvalue weighted by molar-refractivity contribution is 5.88. The van der Waals surface area contributed by atoms with Crippen LogP contribution < -0.4 is 4.74 Å². The van der Waals surface area contributed by atoms with Crippen LogP contribution in [-0.4, -0.2) is 36.3 Å². The van der Waals surface area contributed by atoms with Crippen molar-refractivity contribution in [2.75, 3.05) is 20.2 Å². The first-order chi connectivity index (χ1) is 13.0. The minimum Gasteiger partial charge on any atom is -0.490 e. The molecule has 3 heteroatoms. The third-order valence-corrected chi connectivity index (χ3v) is 4.80. The van der Waals surface area contributed by atoms with Crippen LogP contribution in [0.5, 0.6) is 5.75 Å². The quantitative estimate of drug-likeness (QED) is 0.622. The molecule has 1 unspecified atom stereocenters. The molecular weight excluding hydrogens is 334 g/mol. The van der Waals surface area contributed by atoms with Gasteiger partial charge < -0.3 is 9.84 Å². The number of aliphatic hydroxyl groups is 1. The van der Waals surface area contributed by atoms with Gasteiger partial charge in [0, 0.05) is 18.5 Å². The van der Waals surface area contributed by atoms with Crippen molar-refractivity contribution in [1.82, 2.24) is 4.90 Å². The Morgan fingerprint density at radius 3 is 2.37 bits per heavy atom. The van der Waals surface area contributed by atoms with E-state index in [9.17, 15) is 5.11 Å². The second kappa shape index (κ2) is 9.03. The van der Waals surface area contributed by atoms with Gasteiger partial charge in [-0.25, -0.2) is 0 Å². The zero-order valence-electron chi connectivity index (χ0n) is 16.4. The van der Waals surface area contributed by atoms with Gasteiger partial charge in [0.05, 0.1) is 0 Å². The van der Waals surface area contributed by atoms with E-state index in [1.807, 2.05) is 37.4 Å². The topological polar surface area (TPSA) is 32.7 Å². The highest BCUT2D eigenvalue weighted by Gasteiger charge is 2.11. The monoisotopic (exact) mass is 363 g/mol. The molecule has 1 atom stereocenters. The molecule has 3 nitrogen and oxygen atoms in total. The van der Waals surface area contributed by atoms with Gasteiger partial charge in [0.2, 0.25) is 0 Å². The Balaban J connectivity index is 1.51. The first kappa shape index (κ1) is 19.4. The lowest BCUT2D eigenvalue weighted by atomic mass is 10.0. The molecule has 1 N–H and O–H groups in total. The van der Waals surface area contributed by atoms with Gasteiger partial charge in [0.15, 0.2) is 0 Å². The molecule has 0 saturated heterocycles. The first-order valence-corrected chi connectivity index (χ1v) is 9.59. The molecule has 0 aliphatic rings. The van der Waals surface area contributed by atoms with Crippen LogP contribution >= 0.6 is 0 Å². The van der Waals surface area contributed by atoms with Crippen molar-refractivity contribution in [1.29, 1.82) is 0 Å². The Hall–Kier alpha value is -2.36. The third kappa shape index (κ3) is 5.31. The number of benzene rings is 3. The van der Waals surface area contributed by atoms with Crippen LogP contribution in [-0.2, 0) is 6.54 Å². The molecule has 27 heavy (non-hydrogen) atoms. The summed E-state index contributed by atoms with van der Waals surface area (Å²) in [6.07, 6.45) is -0.538. The number of likely N-dealkylation sites (N-methyl/N-ethyl adjacent to an activating group) is 1. The maximum absolute atomic E-state index is 10.4. The highest BCUT2D eigenvalue weighted by Crippen LogP contribution is 2.25. The predicted octanol–water partition coefficient (Wildman–Crippen LogP) is 4.83. The number of aliphatic hydroxyl groups excluding tert-OH is 1. The molecule has 3 aromatic carbocycles. The van der Waals surface area contributed by atoms with E-state index in [1.165, 1.54) is 11.1 Å². The van der Waals surface area contributed by atoms with E-state index in [0.29, 0.717) is 12.5 Å². The number of fused-ring (bicyclic) bond motifs is 1. The van der Waals surface area contributed by atoms with Crippen molar-refractivity contribution < 1.29 is 9.84 Å². The second-order valence-electron chi connectivity index (χ2n) is 7.54. The summed E-state index contributed by atoms with van der Waals surface area (Å²) in [7, 11) is 2.03. The van der Waals surface area contributed by atoms with Crippen molar-refractivity contribution in [3.63, 3.8) is 0 Å². The normalized spacial score (nSPS) is 12.7. The Kier molecular flexibility index (Phi) is 6.49. The molecular formula is C24H29NO2. The molecule has 3 rings (SSSR count). The van der Waals surface area contributed by atoms with E-state index < -0.39 is 6.10 Å². The van der Waals surface area contributed by atoms with Gasteiger partial charge in [-0.1, -0.05) is 74.5 Å². The zero-order valence-corrected chi connectivity index (χ0v) is 16.4. The van der Waals surface area contributed by atoms with Gasteiger partial charge in [-0.15, -0.1) is 0 Å². The summed E-state index contributed by atoms with van der Waals surface area (Å²) in [6.45, 7) is 6.06. The van der Waals surface area contributed by atoms with Crippen molar-refractivity contribution >= 4 is 10.8 Å². The standard InChI is InChI=1S/C24H29NO2/c1-18(2)20-13-11-19(12-14-20)15-25(3)16-22(26)17-27-24-10-6-8-21-7-4-5-9-23(21)24/h4-14,18,22,26H,15-17H2,1-3H3. The van der Waals surface area contributed by atoms with Crippen LogP contribution in [0.4, 0.5) is 0 Å². The van der Waals surface area contributed by atoms with Gasteiger partial charge in [-0.05, 0) is 35.5 Å². The van der Waals surface area contributed by atoms with Gasteiger partial charge in [-0.3, -0.25) is 4.90 Å². The van der Waals surface area contributed by atoms with Crippen LogP contribution in [0.2, 0.25) is 0 Å². The SMILES string of the molecule is CC(C)c1ccc(CN(C)CC(O)COc2cccc3ccccc23)cc1. The van der Waals surface area contributed by atoms with Crippen molar-refractivity contribution in [3.8, 4) is 5.75 Å². The summed E-state index contributed by atoms with van der Waals surface area (Å²) in [5.74, 6) is 1.36. The molecule has 0 fully saturated rings. The second-order valence-corrected chi connectivity index (χ2v) is 7.54. The van der Waals surface area contributed by atoms with Gasteiger partial charge in [-0.2, -0.15) is 0 Å². The van der Waals surface area contributed by atoms with Crippen molar-refractivity contribution in [2.24, 2.45) is 0 Å². The minimum atomic E-state index is -0.538. The summed E-state index contributed by atoms with van der Waals surface area (Å²) < 4.78 is 5.90. The smallest absolute Gasteiger partial charge is 0.127 e. The molecule has 0 aliphatic carbocycles. The number of hydrogen-bond donors (Lipinski definition) is 1. The van der Waals surface area contributed by atoms with E-state index in [0.717, 1.165) is 23.1 Å². The summed E-state index contributed by atoms with van der Waals surface area (Å²) >= 11 is 0. The molecule has 142 valence electrons. The Morgan fingerprint density at radius 1 is 0.926 bits per heavy atom. The lowest BCUT2D eigenvalue weighted by molar-refractivity contribution is 0.0750. The highest BCUT2D eigenvalue weighted by atomic mass is 16.5. The van der Waals surface area contributed by atoms with E-state index >= 15 is 0 Å². The van der Waals surface area contributed by atoms with Gasteiger partial charge >= 0.3 is 0 Å². The van der Waals surface area contributed by atoms with Crippen LogP contribution in [0, 0.1) is 0 Å². The van der Waals surface area contributed by atoms with E-state index in [2.05, 4.69) is 55.1 Å². The zero-order chi connectivity index (χ0) is 19.2. The fourth-order valence-electron chi connectivity index (χ4n) is 3.30. The van der Waals surface area contributed by atoms with Crippen molar-refractivity contribution in [2.45, 2.75) is 32.4 Å². The Morgan fingerprint density at radius 2 is 1.63 bits per heavy atom. The number of rotatable bonds is 8. The summed E-state index contributed by atoms with van der Waals surface area (Å²) in [5.41, 5.74) is 2.61. The molecule has 0 heterocycles. The number of nitrogens with zero attached hydrogens (tertiary/aromatic N) is 1. The van der Waals surface area contributed by atoms with Crippen LogP contribution in [0.25, 0.3) is 10.8 Å². The fourth-order valence-corrected chi connectivity index (χ4v) is 3.30. The average Bonchev–Trinajstić information content (AvgIpc) is 2.66. The van der Waals surface area contributed by atoms with Crippen LogP contribution in [0.15, 0.2) is 66.7 Å². The number of hydrogen-bond acceptors (Lipinski definition) is 3. The average molecular weight is 364 g/mol. The summed E-state index contributed by atoms with van der Waals surface area (Å²) in [6, 6.07) is 22.9. The molecule has 0 spiro atoms. The van der Waals surface area contributed by atoms with Crippen LogP contribution in [0.3, 0.4) is 0 Å². The van der Waals surface area contributed by atoms with E-state index in [1.54, 1.807) is 0 Å². The molecule has 0 bridgehead atoms. The maximum atomic E-state index is 10.4. The molecule has 0 aromatic heterocycles. The Labute approximate surface area is 162 Å². The molecule has 0 amide bonds. The van der Waals surface area contributed by atoms with E-state index in [4.69, 9.17) is 4.74 Å². The van der Waals surface area contributed by atoms with Gasteiger partial charge in [0.25, 0.3) is 0 Å². The van der Waals surface area contributed by atoms with Crippen molar-refractivity contribution in [3.05, 3.63) is 77.9 Å². The molecule has 3 aromatic rings. The third-order valence-electron chi connectivity index (χ3n) is 4.80. The summed E-state index contributed by atoms with van der Waals surface area (Å²) in [5, 5.41) is 12.6. The minimum absolute atomic E-state index is 0.282. The molecule has 0 radical (unpaired) electrons. The lowest BCUT2D eigenvalue weighted by Crippen LogP contribution is -2.32. The lowest BCUT2D eigenvalue weighted by Gasteiger charge is -2.21. The fraction of sp³-hybridized carbons (Fsp3) is 0.333. The van der Waals surface area contributed by atoms with E-state index in [-0.39, 0.29) is 6.61 Å². The molecule has 0 saturated carbocycles. The summed E-state index contributed by atoms with van der Waals surface area (Å²) in [4.78, 5) is 2.13. The predicted molar refractivity (Wildman–Crippen MR) is 112 cm³/mol. The molecule has 0 aliphatic heterocycles. The maximum Gasteiger partial charge on any atom is 0.127 e. The first-order valence-electron chi connectivity index (χ1n) is 9.59.